The fourth-order valence-electron chi connectivity index (χ4n) is 1.43. The van der Waals surface area contributed by atoms with Gasteiger partial charge in [-0.15, -0.1) is 0 Å². The first-order valence-corrected chi connectivity index (χ1v) is 5.18. The lowest BCUT2D eigenvalue weighted by Gasteiger charge is -2.04. The van der Waals surface area contributed by atoms with Crippen LogP contribution in [0.2, 0.25) is 0 Å². The van der Waals surface area contributed by atoms with Crippen LogP contribution in [-0.4, -0.2) is 19.7 Å². The number of aryl methyl sites for hydroxylation is 2. The lowest BCUT2D eigenvalue weighted by Crippen LogP contribution is -2.05. The molecular weight excluding hydrogens is 202 g/mol. The number of nitrogens with one attached hydrogen (secondary N) is 1. The molecule has 0 saturated heterocycles. The predicted molar refractivity (Wildman–Crippen MR) is 62.0 cm³/mol. The Balaban J connectivity index is 2.05. The van der Waals surface area contributed by atoms with Crippen LogP contribution < -0.4 is 5.32 Å². The van der Waals surface area contributed by atoms with Gasteiger partial charge >= 0.3 is 0 Å². The Hall–Kier alpha value is -1.91. The maximum atomic E-state index is 4.28. The second-order valence-electron chi connectivity index (χ2n) is 3.75. The van der Waals surface area contributed by atoms with Gasteiger partial charge in [0.15, 0.2) is 0 Å². The molecule has 0 fully saturated rings. The average molecular weight is 217 g/mol. The molecule has 0 atom stereocenters. The van der Waals surface area contributed by atoms with Crippen molar-refractivity contribution in [1.82, 2.24) is 19.7 Å². The largest absolute Gasteiger partial charge is 0.350 e. The van der Waals surface area contributed by atoms with Crippen LogP contribution >= 0.6 is 0 Å². The quantitative estimate of drug-likeness (QED) is 0.845. The highest BCUT2D eigenvalue weighted by atomic mass is 15.3. The van der Waals surface area contributed by atoms with Gasteiger partial charge in [0.2, 0.25) is 5.95 Å². The minimum Gasteiger partial charge on any atom is -0.350 e. The number of aromatic nitrogens is 4. The third kappa shape index (κ3) is 2.18. The summed E-state index contributed by atoms with van der Waals surface area (Å²) >= 11 is 0. The highest BCUT2D eigenvalue weighted by Crippen LogP contribution is 2.08. The molecule has 84 valence electrons. The first-order valence-electron chi connectivity index (χ1n) is 5.18. The molecule has 0 saturated carbocycles. The van der Waals surface area contributed by atoms with Crippen LogP contribution in [0.4, 0.5) is 5.95 Å². The van der Waals surface area contributed by atoms with Gasteiger partial charge in [-0.05, 0) is 19.9 Å². The SMILES string of the molecule is Cc1ccnc(NCc2cnn(C)c2C)n1. The van der Waals surface area contributed by atoms with Crippen molar-refractivity contribution in [3.8, 4) is 0 Å². The van der Waals surface area contributed by atoms with Crippen LogP contribution in [0.1, 0.15) is 17.0 Å². The molecule has 2 heterocycles. The fraction of sp³-hybridized carbons (Fsp3) is 0.364. The molecule has 0 radical (unpaired) electrons. The molecule has 2 rings (SSSR count). The van der Waals surface area contributed by atoms with E-state index in [1.807, 2.05) is 37.8 Å². The van der Waals surface area contributed by atoms with Crippen molar-refractivity contribution in [2.24, 2.45) is 7.05 Å². The van der Waals surface area contributed by atoms with Gasteiger partial charge in [-0.25, -0.2) is 9.97 Å². The molecule has 2 aromatic rings. The van der Waals surface area contributed by atoms with Gasteiger partial charge < -0.3 is 5.32 Å². The molecule has 16 heavy (non-hydrogen) atoms. The zero-order valence-corrected chi connectivity index (χ0v) is 9.73. The van der Waals surface area contributed by atoms with E-state index in [4.69, 9.17) is 0 Å². The lowest BCUT2D eigenvalue weighted by molar-refractivity contribution is 0.738. The summed E-state index contributed by atoms with van der Waals surface area (Å²) < 4.78 is 1.86. The molecule has 0 bridgehead atoms. The number of hydrogen-bond donors (Lipinski definition) is 1. The molecule has 0 aliphatic rings. The zero-order valence-electron chi connectivity index (χ0n) is 9.73. The van der Waals surface area contributed by atoms with E-state index in [2.05, 4.69) is 20.4 Å². The van der Waals surface area contributed by atoms with E-state index < -0.39 is 0 Å². The van der Waals surface area contributed by atoms with Crippen LogP contribution in [0.5, 0.6) is 0 Å². The molecule has 0 amide bonds. The van der Waals surface area contributed by atoms with E-state index in [0.29, 0.717) is 12.5 Å². The van der Waals surface area contributed by atoms with Gasteiger partial charge in [0.05, 0.1) is 6.20 Å². The van der Waals surface area contributed by atoms with Crippen molar-refractivity contribution in [2.75, 3.05) is 5.32 Å². The Bertz CT molecular complexity index is 489. The van der Waals surface area contributed by atoms with Gasteiger partial charge in [0.25, 0.3) is 0 Å². The fourth-order valence-corrected chi connectivity index (χ4v) is 1.43. The predicted octanol–water partition coefficient (Wildman–Crippen LogP) is 1.44. The third-order valence-corrected chi connectivity index (χ3v) is 2.57. The highest BCUT2D eigenvalue weighted by molar-refractivity contribution is 5.28. The van der Waals surface area contributed by atoms with Crippen LogP contribution in [0, 0.1) is 13.8 Å². The summed E-state index contributed by atoms with van der Waals surface area (Å²) in [6.45, 7) is 4.69. The summed E-state index contributed by atoms with van der Waals surface area (Å²) in [5, 5.41) is 7.36. The molecular formula is C11H15N5. The zero-order chi connectivity index (χ0) is 11.5. The maximum absolute atomic E-state index is 4.28. The van der Waals surface area contributed by atoms with Crippen molar-refractivity contribution in [3.05, 3.63) is 35.4 Å². The van der Waals surface area contributed by atoms with Gasteiger partial charge in [0.1, 0.15) is 0 Å². The topological polar surface area (TPSA) is 55.6 Å². The maximum Gasteiger partial charge on any atom is 0.223 e. The van der Waals surface area contributed by atoms with Crippen LogP contribution in [0.15, 0.2) is 18.5 Å². The van der Waals surface area contributed by atoms with Crippen LogP contribution in [-0.2, 0) is 13.6 Å². The normalized spacial score (nSPS) is 10.4. The number of nitrogens with zero attached hydrogens (tertiary/aromatic N) is 4. The van der Waals surface area contributed by atoms with E-state index in [1.54, 1.807) is 6.20 Å². The molecule has 0 aliphatic heterocycles. The summed E-state index contributed by atoms with van der Waals surface area (Å²) in [5.41, 5.74) is 3.27. The minimum atomic E-state index is 0.656. The van der Waals surface area contributed by atoms with Gasteiger partial charge in [-0.1, -0.05) is 0 Å². The molecule has 5 heteroatoms. The van der Waals surface area contributed by atoms with Gasteiger partial charge in [-0.2, -0.15) is 5.10 Å². The summed E-state index contributed by atoms with van der Waals surface area (Å²) in [7, 11) is 1.93. The Labute approximate surface area is 94.5 Å². The Morgan fingerprint density at radius 3 is 2.81 bits per heavy atom. The molecule has 5 nitrogen and oxygen atoms in total. The number of anilines is 1. The molecule has 1 N–H and O–H groups in total. The van der Waals surface area contributed by atoms with Crippen LogP contribution in [0.3, 0.4) is 0 Å². The van der Waals surface area contributed by atoms with E-state index in [1.165, 1.54) is 0 Å². The van der Waals surface area contributed by atoms with Gasteiger partial charge in [-0.3, -0.25) is 4.68 Å². The highest BCUT2D eigenvalue weighted by Gasteiger charge is 2.03. The summed E-state index contributed by atoms with van der Waals surface area (Å²) in [4.78, 5) is 8.42. The second-order valence-corrected chi connectivity index (χ2v) is 3.75. The first kappa shape index (κ1) is 10.6. The lowest BCUT2D eigenvalue weighted by atomic mass is 10.2. The Morgan fingerprint density at radius 2 is 2.19 bits per heavy atom. The molecule has 0 spiro atoms. The summed E-state index contributed by atoms with van der Waals surface area (Å²) in [6, 6.07) is 1.88. The Morgan fingerprint density at radius 1 is 1.38 bits per heavy atom. The van der Waals surface area contributed by atoms with E-state index in [9.17, 15) is 0 Å². The van der Waals surface area contributed by atoms with Crippen molar-refractivity contribution >= 4 is 5.95 Å². The summed E-state index contributed by atoms with van der Waals surface area (Å²) in [5.74, 6) is 0.656. The van der Waals surface area contributed by atoms with E-state index in [-0.39, 0.29) is 0 Å². The Kier molecular flexibility index (Phi) is 2.85. The molecule has 0 aromatic carbocycles. The summed E-state index contributed by atoms with van der Waals surface area (Å²) in [6.07, 6.45) is 3.61. The van der Waals surface area contributed by atoms with Crippen molar-refractivity contribution < 1.29 is 0 Å². The van der Waals surface area contributed by atoms with Crippen molar-refractivity contribution in [3.63, 3.8) is 0 Å². The first-order chi connectivity index (χ1) is 7.66. The van der Waals surface area contributed by atoms with E-state index >= 15 is 0 Å². The smallest absolute Gasteiger partial charge is 0.223 e. The standard InChI is InChI=1S/C11H15N5/c1-8-4-5-12-11(15-8)13-6-10-7-14-16(3)9(10)2/h4-5,7H,6H2,1-3H3,(H,12,13,15). The van der Waals surface area contributed by atoms with Crippen LogP contribution in [0.25, 0.3) is 0 Å². The van der Waals surface area contributed by atoms with Crippen molar-refractivity contribution in [1.29, 1.82) is 0 Å². The molecule has 2 aromatic heterocycles. The van der Waals surface area contributed by atoms with Crippen molar-refractivity contribution in [2.45, 2.75) is 20.4 Å². The molecule has 0 unspecified atom stereocenters. The average Bonchev–Trinajstić information content (AvgIpc) is 2.57. The molecule has 0 aliphatic carbocycles. The van der Waals surface area contributed by atoms with Gasteiger partial charge in [0, 0.05) is 36.7 Å². The number of rotatable bonds is 3. The minimum absolute atomic E-state index is 0.656. The van der Waals surface area contributed by atoms with E-state index in [0.717, 1.165) is 17.0 Å². The monoisotopic (exact) mass is 217 g/mol. The second kappa shape index (κ2) is 4.30. The third-order valence-electron chi connectivity index (χ3n) is 2.57. The number of hydrogen-bond acceptors (Lipinski definition) is 4.